The molecular formula is C18H18ClN3O2. The molecule has 0 saturated carbocycles. The van der Waals surface area contributed by atoms with Crippen LogP contribution < -0.4 is 5.32 Å². The predicted octanol–water partition coefficient (Wildman–Crippen LogP) is 4.36. The number of nitrogens with one attached hydrogen (secondary N) is 1. The lowest BCUT2D eigenvalue weighted by Crippen LogP contribution is -2.13. The van der Waals surface area contributed by atoms with Gasteiger partial charge in [-0.2, -0.15) is 5.10 Å². The minimum atomic E-state index is -0.199. The SMILES string of the molecule is Cc1nn(Cc2cccc(Cl)c2)c(C)c1NC(=O)c1ccoc1C. The summed E-state index contributed by atoms with van der Waals surface area (Å²) < 4.78 is 7.05. The highest BCUT2D eigenvalue weighted by Crippen LogP contribution is 2.22. The number of aryl methyl sites for hydroxylation is 2. The van der Waals surface area contributed by atoms with Crippen LogP contribution in [0.15, 0.2) is 41.0 Å². The van der Waals surface area contributed by atoms with Crippen LogP contribution in [0, 0.1) is 20.8 Å². The van der Waals surface area contributed by atoms with Crippen molar-refractivity contribution in [3.8, 4) is 0 Å². The fourth-order valence-corrected chi connectivity index (χ4v) is 2.85. The topological polar surface area (TPSA) is 60.1 Å². The highest BCUT2D eigenvalue weighted by molar-refractivity contribution is 6.30. The molecule has 2 heterocycles. The lowest BCUT2D eigenvalue weighted by atomic mass is 10.2. The van der Waals surface area contributed by atoms with E-state index in [2.05, 4.69) is 10.4 Å². The first-order valence-corrected chi connectivity index (χ1v) is 7.97. The molecule has 2 aromatic heterocycles. The molecule has 1 amide bonds. The lowest BCUT2D eigenvalue weighted by molar-refractivity contribution is 0.102. The second-order valence-corrected chi connectivity index (χ2v) is 6.11. The van der Waals surface area contributed by atoms with Crippen molar-refractivity contribution in [3.63, 3.8) is 0 Å². The number of hydrogen-bond donors (Lipinski definition) is 1. The number of halogens is 1. The van der Waals surface area contributed by atoms with E-state index in [0.717, 1.165) is 22.6 Å². The first-order chi connectivity index (χ1) is 11.5. The Morgan fingerprint density at radius 1 is 1.29 bits per heavy atom. The summed E-state index contributed by atoms with van der Waals surface area (Å²) in [7, 11) is 0. The molecule has 6 heteroatoms. The van der Waals surface area contributed by atoms with E-state index in [0.29, 0.717) is 22.9 Å². The van der Waals surface area contributed by atoms with Gasteiger partial charge in [0, 0.05) is 5.02 Å². The third-order valence-electron chi connectivity index (χ3n) is 3.94. The van der Waals surface area contributed by atoms with Crippen LogP contribution in [0.25, 0.3) is 0 Å². The molecule has 3 rings (SSSR count). The van der Waals surface area contributed by atoms with E-state index in [9.17, 15) is 4.79 Å². The maximum absolute atomic E-state index is 12.4. The molecule has 1 aromatic carbocycles. The van der Waals surface area contributed by atoms with Crippen molar-refractivity contribution < 1.29 is 9.21 Å². The Balaban J connectivity index is 1.84. The summed E-state index contributed by atoms with van der Waals surface area (Å²) >= 11 is 6.03. The number of hydrogen-bond acceptors (Lipinski definition) is 3. The van der Waals surface area contributed by atoms with Gasteiger partial charge in [0.05, 0.1) is 35.4 Å². The molecule has 0 saturated heterocycles. The van der Waals surface area contributed by atoms with Crippen molar-refractivity contribution >= 4 is 23.2 Å². The van der Waals surface area contributed by atoms with Gasteiger partial charge in [-0.1, -0.05) is 23.7 Å². The first-order valence-electron chi connectivity index (χ1n) is 7.59. The Morgan fingerprint density at radius 2 is 2.08 bits per heavy atom. The summed E-state index contributed by atoms with van der Waals surface area (Å²) in [4.78, 5) is 12.4. The van der Waals surface area contributed by atoms with E-state index >= 15 is 0 Å². The highest BCUT2D eigenvalue weighted by atomic mass is 35.5. The van der Waals surface area contributed by atoms with E-state index in [4.69, 9.17) is 16.0 Å². The number of aromatic nitrogens is 2. The van der Waals surface area contributed by atoms with E-state index in [1.54, 1.807) is 13.0 Å². The van der Waals surface area contributed by atoms with Gasteiger partial charge < -0.3 is 9.73 Å². The Hall–Kier alpha value is -2.53. The molecule has 0 aliphatic carbocycles. The molecular weight excluding hydrogens is 326 g/mol. The second-order valence-electron chi connectivity index (χ2n) is 5.68. The number of furan rings is 1. The van der Waals surface area contributed by atoms with E-state index < -0.39 is 0 Å². The van der Waals surface area contributed by atoms with Gasteiger partial charge in [0.2, 0.25) is 0 Å². The van der Waals surface area contributed by atoms with Crippen molar-refractivity contribution in [2.24, 2.45) is 0 Å². The average Bonchev–Trinajstić information content (AvgIpc) is 3.06. The fourth-order valence-electron chi connectivity index (χ4n) is 2.64. The zero-order chi connectivity index (χ0) is 17.3. The van der Waals surface area contributed by atoms with Crippen LogP contribution in [-0.2, 0) is 6.54 Å². The lowest BCUT2D eigenvalue weighted by Gasteiger charge is -2.07. The highest BCUT2D eigenvalue weighted by Gasteiger charge is 2.17. The van der Waals surface area contributed by atoms with Gasteiger partial charge in [-0.15, -0.1) is 0 Å². The van der Waals surface area contributed by atoms with Gasteiger partial charge in [0.1, 0.15) is 5.76 Å². The third-order valence-corrected chi connectivity index (χ3v) is 4.18. The van der Waals surface area contributed by atoms with Crippen molar-refractivity contribution in [1.29, 1.82) is 0 Å². The van der Waals surface area contributed by atoms with Crippen molar-refractivity contribution in [2.45, 2.75) is 27.3 Å². The monoisotopic (exact) mass is 343 g/mol. The van der Waals surface area contributed by atoms with Gasteiger partial charge in [-0.25, -0.2) is 0 Å². The van der Waals surface area contributed by atoms with Gasteiger partial charge in [-0.05, 0) is 44.5 Å². The van der Waals surface area contributed by atoms with Crippen molar-refractivity contribution in [3.05, 3.63) is 69.9 Å². The Kier molecular flexibility index (Phi) is 4.44. The van der Waals surface area contributed by atoms with Crippen LogP contribution >= 0.6 is 11.6 Å². The number of rotatable bonds is 4. The number of carbonyl (C=O) groups is 1. The zero-order valence-corrected chi connectivity index (χ0v) is 14.5. The largest absolute Gasteiger partial charge is 0.469 e. The van der Waals surface area contributed by atoms with Crippen LogP contribution in [0.4, 0.5) is 5.69 Å². The fraction of sp³-hybridized carbons (Fsp3) is 0.222. The summed E-state index contributed by atoms with van der Waals surface area (Å²) in [6.07, 6.45) is 1.51. The number of amides is 1. The molecule has 24 heavy (non-hydrogen) atoms. The molecule has 0 atom stereocenters. The number of carbonyl (C=O) groups excluding carboxylic acids is 1. The molecule has 0 bridgehead atoms. The minimum absolute atomic E-state index is 0.199. The van der Waals surface area contributed by atoms with E-state index in [1.807, 2.05) is 42.8 Å². The molecule has 1 N–H and O–H groups in total. The Labute approximate surface area is 145 Å². The molecule has 5 nitrogen and oxygen atoms in total. The summed E-state index contributed by atoms with van der Waals surface area (Å²) in [5, 5.41) is 8.15. The molecule has 0 radical (unpaired) electrons. The summed E-state index contributed by atoms with van der Waals surface area (Å²) in [5.74, 6) is 0.392. The van der Waals surface area contributed by atoms with Crippen LogP contribution in [0.5, 0.6) is 0 Å². The van der Waals surface area contributed by atoms with Crippen molar-refractivity contribution in [1.82, 2.24) is 9.78 Å². The maximum atomic E-state index is 12.4. The van der Waals surface area contributed by atoms with Gasteiger partial charge in [0.25, 0.3) is 5.91 Å². The maximum Gasteiger partial charge on any atom is 0.259 e. The second kappa shape index (κ2) is 6.53. The molecule has 0 aliphatic rings. The number of benzene rings is 1. The Morgan fingerprint density at radius 3 is 2.75 bits per heavy atom. The van der Waals surface area contributed by atoms with E-state index in [1.165, 1.54) is 6.26 Å². The van der Waals surface area contributed by atoms with E-state index in [-0.39, 0.29) is 5.91 Å². The third kappa shape index (κ3) is 3.21. The number of anilines is 1. The molecule has 0 fully saturated rings. The van der Waals surface area contributed by atoms with Crippen LogP contribution in [0.3, 0.4) is 0 Å². The molecule has 124 valence electrons. The summed E-state index contributed by atoms with van der Waals surface area (Å²) in [6, 6.07) is 9.31. The van der Waals surface area contributed by atoms with Gasteiger partial charge in [-0.3, -0.25) is 9.48 Å². The Bertz CT molecular complexity index is 896. The smallest absolute Gasteiger partial charge is 0.259 e. The van der Waals surface area contributed by atoms with Crippen molar-refractivity contribution in [2.75, 3.05) is 5.32 Å². The van der Waals surface area contributed by atoms with Crippen LogP contribution in [-0.4, -0.2) is 15.7 Å². The number of nitrogens with zero attached hydrogens (tertiary/aromatic N) is 2. The minimum Gasteiger partial charge on any atom is -0.469 e. The summed E-state index contributed by atoms with van der Waals surface area (Å²) in [5.41, 5.74) is 3.96. The standard InChI is InChI=1S/C18H18ClN3O2/c1-11-17(20-18(23)16-7-8-24-13(16)3)12(2)22(21-11)10-14-5-4-6-15(19)9-14/h4-9H,10H2,1-3H3,(H,20,23). The summed E-state index contributed by atoms with van der Waals surface area (Å²) in [6.45, 7) is 6.16. The van der Waals surface area contributed by atoms with Crippen LogP contribution in [0.2, 0.25) is 5.02 Å². The average molecular weight is 344 g/mol. The predicted molar refractivity (Wildman–Crippen MR) is 93.7 cm³/mol. The van der Waals surface area contributed by atoms with Crippen LogP contribution in [0.1, 0.15) is 33.1 Å². The van der Waals surface area contributed by atoms with Gasteiger partial charge >= 0.3 is 0 Å². The normalized spacial score (nSPS) is 10.8. The zero-order valence-electron chi connectivity index (χ0n) is 13.8. The molecule has 0 aliphatic heterocycles. The van der Waals surface area contributed by atoms with Gasteiger partial charge in [0.15, 0.2) is 0 Å². The first kappa shape index (κ1) is 16.3. The molecule has 0 unspecified atom stereocenters. The quantitative estimate of drug-likeness (QED) is 0.765. The molecule has 0 spiro atoms. The molecule has 3 aromatic rings.